The fraction of sp³-hybridized carbons (Fsp3) is 0.500. The second kappa shape index (κ2) is 2.80. The predicted molar refractivity (Wildman–Crippen MR) is 75.6 cm³/mol. The van der Waals surface area contributed by atoms with Gasteiger partial charge in [-0.1, -0.05) is 25.1 Å². The summed E-state index contributed by atoms with van der Waals surface area (Å²) in [5, 5.41) is 0. The lowest BCUT2D eigenvalue weighted by Crippen LogP contribution is -2.38. The Morgan fingerprint density at radius 3 is 2.48 bits per heavy atom. The minimum Gasteiger partial charge on any atom is -0.245 e. The van der Waals surface area contributed by atoms with Gasteiger partial charge in [0.1, 0.15) is 0 Å². The molecule has 3 aliphatic carbocycles. The van der Waals surface area contributed by atoms with Gasteiger partial charge in [-0.25, -0.2) is 23.5 Å². The Morgan fingerprint density at radius 1 is 1.05 bits per heavy atom. The lowest BCUT2D eigenvalue weighted by molar-refractivity contribution is 0.154. The molecule has 1 aromatic carbocycles. The third kappa shape index (κ3) is 0.859. The Morgan fingerprint density at radius 2 is 1.76 bits per heavy atom. The zero-order chi connectivity index (χ0) is 14.1. The van der Waals surface area contributed by atoms with Crippen molar-refractivity contribution in [2.24, 2.45) is 23.2 Å². The fourth-order valence-electron chi connectivity index (χ4n) is 5.96. The molecule has 106 valence electrons. The van der Waals surface area contributed by atoms with E-state index in [-0.39, 0.29) is 23.5 Å². The van der Waals surface area contributed by atoms with Crippen molar-refractivity contribution in [3.05, 3.63) is 51.3 Å². The molecule has 1 aliphatic heterocycles. The van der Waals surface area contributed by atoms with Crippen LogP contribution >= 0.6 is 0 Å². The average molecular weight is 281 g/mol. The molecule has 2 heterocycles. The van der Waals surface area contributed by atoms with E-state index in [9.17, 15) is 9.59 Å². The molecule has 3 fully saturated rings. The highest BCUT2D eigenvalue weighted by Gasteiger charge is 2.86. The van der Waals surface area contributed by atoms with Crippen molar-refractivity contribution in [2.45, 2.75) is 25.4 Å². The summed E-state index contributed by atoms with van der Waals surface area (Å²) in [5.74, 6) is 1.95. The summed E-state index contributed by atoms with van der Waals surface area (Å²) >= 11 is 0. The SMILES string of the molecule is C[C@]12C[C@H]3[C@H]4[C@H]([C@H]1[C@@H]42)n1c(=O)n(-c2ccccc2)c(=O)n13. The molecule has 0 spiro atoms. The van der Waals surface area contributed by atoms with Crippen LogP contribution in [-0.2, 0) is 0 Å². The van der Waals surface area contributed by atoms with Crippen molar-refractivity contribution in [3.8, 4) is 5.69 Å². The Bertz CT molecular complexity index is 884. The smallest absolute Gasteiger partial charge is 0.245 e. The van der Waals surface area contributed by atoms with Crippen molar-refractivity contribution >= 4 is 0 Å². The standard InChI is InChI=1S/C16H15N3O2/c1-16-7-9-10-11(16)12(16)13(10)19-15(21)17(14(20)18(9)19)8-5-3-2-4-6-8/h2-6,9-13H,7H2,1H3/t9-,10+,11+,12+,13+,16+/m0/s1. The first-order valence-electron chi connectivity index (χ1n) is 7.66. The van der Waals surface area contributed by atoms with E-state index in [0.717, 1.165) is 12.3 Å². The van der Waals surface area contributed by atoms with Gasteiger partial charge >= 0.3 is 11.4 Å². The number of rotatable bonds is 1. The molecule has 5 nitrogen and oxygen atoms in total. The number of hydrogen-bond acceptors (Lipinski definition) is 2. The number of para-hydroxylation sites is 1. The van der Waals surface area contributed by atoms with E-state index in [1.54, 1.807) is 9.36 Å². The molecule has 1 aromatic heterocycles. The first kappa shape index (κ1) is 10.7. The fourth-order valence-corrected chi connectivity index (χ4v) is 5.96. The van der Waals surface area contributed by atoms with Crippen LogP contribution in [0.1, 0.15) is 25.4 Å². The van der Waals surface area contributed by atoms with Gasteiger partial charge in [0.2, 0.25) is 0 Å². The van der Waals surface area contributed by atoms with Crippen molar-refractivity contribution < 1.29 is 0 Å². The molecule has 0 N–H and O–H groups in total. The van der Waals surface area contributed by atoms with Crippen LogP contribution in [0.4, 0.5) is 0 Å². The lowest BCUT2D eigenvalue weighted by Gasteiger charge is -2.32. The molecule has 0 bridgehead atoms. The van der Waals surface area contributed by atoms with E-state index in [4.69, 9.17) is 0 Å². The second-order valence-electron chi connectivity index (χ2n) is 7.32. The first-order valence-corrected chi connectivity index (χ1v) is 7.66. The predicted octanol–water partition coefficient (Wildman–Crippen LogP) is 1.18. The van der Waals surface area contributed by atoms with Crippen LogP contribution < -0.4 is 11.4 Å². The number of benzene rings is 1. The summed E-state index contributed by atoms with van der Waals surface area (Å²) in [5.41, 5.74) is 0.766. The number of nitrogens with zero attached hydrogens (tertiary/aromatic N) is 3. The highest BCUT2D eigenvalue weighted by molar-refractivity contribution is 5.35. The van der Waals surface area contributed by atoms with Gasteiger partial charge < -0.3 is 0 Å². The van der Waals surface area contributed by atoms with Crippen LogP contribution in [0, 0.1) is 23.2 Å². The normalized spacial score (nSPS) is 43.4. The van der Waals surface area contributed by atoms with Crippen LogP contribution in [0.5, 0.6) is 0 Å². The van der Waals surface area contributed by atoms with Gasteiger partial charge in [-0.05, 0) is 35.8 Å². The minimum absolute atomic E-state index is 0.154. The van der Waals surface area contributed by atoms with Gasteiger partial charge in [0.15, 0.2) is 0 Å². The van der Waals surface area contributed by atoms with E-state index < -0.39 is 0 Å². The van der Waals surface area contributed by atoms with E-state index in [0.29, 0.717) is 22.9 Å². The number of aromatic nitrogens is 3. The van der Waals surface area contributed by atoms with Crippen LogP contribution in [0.2, 0.25) is 0 Å². The molecule has 21 heavy (non-hydrogen) atoms. The van der Waals surface area contributed by atoms with Crippen LogP contribution in [0.25, 0.3) is 5.69 Å². The van der Waals surface area contributed by atoms with Crippen LogP contribution in [0.15, 0.2) is 39.9 Å². The summed E-state index contributed by atoms with van der Waals surface area (Å²) in [7, 11) is 0. The third-order valence-electron chi connectivity index (χ3n) is 6.69. The first-order chi connectivity index (χ1) is 10.1. The van der Waals surface area contributed by atoms with Crippen molar-refractivity contribution in [1.29, 1.82) is 0 Å². The van der Waals surface area contributed by atoms with E-state index in [1.807, 2.05) is 30.3 Å². The van der Waals surface area contributed by atoms with Crippen molar-refractivity contribution in [2.75, 3.05) is 0 Å². The number of fused-ring (bicyclic) bond motifs is 5. The van der Waals surface area contributed by atoms with Crippen LogP contribution in [-0.4, -0.2) is 13.9 Å². The maximum atomic E-state index is 12.8. The Balaban J connectivity index is 1.64. The molecule has 0 unspecified atom stereocenters. The molecule has 6 atom stereocenters. The quantitative estimate of drug-likeness (QED) is 0.788. The largest absolute Gasteiger partial charge is 0.352 e. The molecule has 0 radical (unpaired) electrons. The minimum atomic E-state index is -0.158. The van der Waals surface area contributed by atoms with E-state index >= 15 is 0 Å². The maximum Gasteiger partial charge on any atom is 0.352 e. The van der Waals surface area contributed by atoms with Gasteiger partial charge in [0.25, 0.3) is 0 Å². The molecule has 6 rings (SSSR count). The van der Waals surface area contributed by atoms with Gasteiger partial charge in [0.05, 0.1) is 17.8 Å². The Kier molecular flexibility index (Phi) is 1.42. The molecule has 4 aliphatic rings. The second-order valence-corrected chi connectivity index (χ2v) is 7.32. The van der Waals surface area contributed by atoms with Crippen molar-refractivity contribution in [3.63, 3.8) is 0 Å². The summed E-state index contributed by atoms with van der Waals surface area (Å²) in [6.07, 6.45) is 1.07. The Hall–Kier alpha value is -2.04. The maximum absolute atomic E-state index is 12.8. The highest BCUT2D eigenvalue weighted by atomic mass is 16.2. The zero-order valence-corrected chi connectivity index (χ0v) is 11.6. The molecule has 5 heteroatoms. The summed E-state index contributed by atoms with van der Waals surface area (Å²) in [6, 6.07) is 9.79. The summed E-state index contributed by atoms with van der Waals surface area (Å²) in [6.45, 7) is 2.34. The van der Waals surface area contributed by atoms with Gasteiger partial charge in [-0.3, -0.25) is 0 Å². The molecular weight excluding hydrogens is 266 g/mol. The molecular formula is C16H15N3O2. The molecule has 3 saturated carbocycles. The van der Waals surface area contributed by atoms with Crippen molar-refractivity contribution in [1.82, 2.24) is 13.9 Å². The molecule has 0 amide bonds. The Labute approximate surface area is 120 Å². The van der Waals surface area contributed by atoms with Crippen LogP contribution in [0.3, 0.4) is 0 Å². The van der Waals surface area contributed by atoms with Gasteiger partial charge in [-0.15, -0.1) is 0 Å². The topological polar surface area (TPSA) is 48.9 Å². The molecule has 0 saturated heterocycles. The summed E-state index contributed by atoms with van der Waals surface area (Å²) < 4.78 is 4.89. The lowest BCUT2D eigenvalue weighted by atomic mass is 9.74. The van der Waals surface area contributed by atoms with Gasteiger partial charge in [0, 0.05) is 5.92 Å². The monoisotopic (exact) mass is 281 g/mol. The zero-order valence-electron chi connectivity index (χ0n) is 11.6. The third-order valence-corrected chi connectivity index (χ3v) is 6.69. The molecule has 2 aromatic rings. The highest BCUT2D eigenvalue weighted by Crippen LogP contribution is 2.88. The van der Waals surface area contributed by atoms with Gasteiger partial charge in [-0.2, -0.15) is 0 Å². The summed E-state index contributed by atoms with van der Waals surface area (Å²) in [4.78, 5) is 25.6. The van der Waals surface area contributed by atoms with E-state index in [1.165, 1.54) is 4.57 Å². The average Bonchev–Trinajstić information content (AvgIpc) is 2.61. The number of hydrogen-bond donors (Lipinski definition) is 0. The van der Waals surface area contributed by atoms with E-state index in [2.05, 4.69) is 6.92 Å².